The molecule has 94 valence electrons. The molecule has 0 radical (unpaired) electrons. The Labute approximate surface area is 101 Å². The summed E-state index contributed by atoms with van der Waals surface area (Å²) in [5, 5.41) is 0. The molecule has 0 aliphatic rings. The molecule has 1 unspecified atom stereocenters. The Bertz CT molecular complexity index is 323. The van der Waals surface area contributed by atoms with Gasteiger partial charge in [-0.3, -0.25) is 0 Å². The van der Waals surface area contributed by atoms with Gasteiger partial charge in [0.1, 0.15) is 13.4 Å². The fourth-order valence-corrected chi connectivity index (χ4v) is 1.27. The minimum atomic E-state index is -0.329. The maximum Gasteiger partial charge on any atom is 0.338 e. The molecule has 0 fully saturated rings. The standard InChI is InChI=1S/C13H18O4/c1-3-12(17-10-15-2)9-16-13(14)11-7-5-4-6-8-11/h4-8,12H,3,9-10H2,1-2H3. The first kappa shape index (κ1) is 13.7. The lowest BCUT2D eigenvalue weighted by molar-refractivity contribution is -0.0904. The maximum atomic E-state index is 11.6. The van der Waals surface area contributed by atoms with E-state index in [4.69, 9.17) is 14.2 Å². The topological polar surface area (TPSA) is 44.8 Å². The number of esters is 1. The summed E-state index contributed by atoms with van der Waals surface area (Å²) in [5.74, 6) is -0.329. The van der Waals surface area contributed by atoms with E-state index in [1.165, 1.54) is 0 Å². The molecule has 1 atom stereocenters. The number of hydrogen-bond acceptors (Lipinski definition) is 4. The Balaban J connectivity index is 2.36. The van der Waals surface area contributed by atoms with Crippen molar-refractivity contribution in [3.05, 3.63) is 35.9 Å². The highest BCUT2D eigenvalue weighted by Crippen LogP contribution is 2.04. The van der Waals surface area contributed by atoms with Crippen LogP contribution in [0.5, 0.6) is 0 Å². The van der Waals surface area contributed by atoms with Crippen molar-refractivity contribution in [1.82, 2.24) is 0 Å². The number of hydrogen-bond donors (Lipinski definition) is 0. The van der Waals surface area contributed by atoms with Crippen molar-refractivity contribution in [1.29, 1.82) is 0 Å². The summed E-state index contributed by atoms with van der Waals surface area (Å²) in [4.78, 5) is 11.6. The third-order valence-electron chi connectivity index (χ3n) is 2.29. The SMILES string of the molecule is CCC(COC(=O)c1ccccc1)OCOC. The van der Waals surface area contributed by atoms with E-state index in [0.717, 1.165) is 6.42 Å². The first-order chi connectivity index (χ1) is 8.27. The number of carbonyl (C=O) groups excluding carboxylic acids is 1. The number of carbonyl (C=O) groups is 1. The maximum absolute atomic E-state index is 11.6. The third kappa shape index (κ3) is 4.97. The van der Waals surface area contributed by atoms with Crippen molar-refractivity contribution in [2.75, 3.05) is 20.5 Å². The Hall–Kier alpha value is -1.39. The molecule has 0 saturated carbocycles. The molecule has 1 aromatic rings. The van der Waals surface area contributed by atoms with Crippen molar-refractivity contribution < 1.29 is 19.0 Å². The van der Waals surface area contributed by atoms with Gasteiger partial charge < -0.3 is 14.2 Å². The largest absolute Gasteiger partial charge is 0.459 e. The molecule has 0 saturated heterocycles. The predicted octanol–water partition coefficient (Wildman–Crippen LogP) is 2.24. The van der Waals surface area contributed by atoms with E-state index < -0.39 is 0 Å². The molecule has 1 aromatic carbocycles. The van der Waals surface area contributed by atoms with E-state index in [2.05, 4.69) is 0 Å². The minimum Gasteiger partial charge on any atom is -0.459 e. The number of rotatable bonds is 7. The van der Waals surface area contributed by atoms with Gasteiger partial charge in [-0.2, -0.15) is 0 Å². The van der Waals surface area contributed by atoms with Crippen LogP contribution in [0.1, 0.15) is 23.7 Å². The zero-order valence-corrected chi connectivity index (χ0v) is 10.2. The number of methoxy groups -OCH3 is 1. The van der Waals surface area contributed by atoms with E-state index in [-0.39, 0.29) is 25.5 Å². The molecule has 4 nitrogen and oxygen atoms in total. The lowest BCUT2D eigenvalue weighted by Gasteiger charge is -2.15. The number of benzene rings is 1. The van der Waals surface area contributed by atoms with Gasteiger partial charge in [0.25, 0.3) is 0 Å². The molecular formula is C13H18O4. The second-order valence-electron chi connectivity index (χ2n) is 3.57. The van der Waals surface area contributed by atoms with Crippen LogP contribution < -0.4 is 0 Å². The van der Waals surface area contributed by atoms with Crippen LogP contribution >= 0.6 is 0 Å². The smallest absolute Gasteiger partial charge is 0.338 e. The minimum absolute atomic E-state index is 0.123. The van der Waals surface area contributed by atoms with Crippen LogP contribution in [0.3, 0.4) is 0 Å². The summed E-state index contributed by atoms with van der Waals surface area (Å²) in [6.07, 6.45) is 0.647. The average Bonchev–Trinajstić information content (AvgIpc) is 2.39. The molecule has 0 bridgehead atoms. The Morgan fingerprint density at radius 2 is 2.00 bits per heavy atom. The molecule has 0 amide bonds. The molecule has 17 heavy (non-hydrogen) atoms. The van der Waals surface area contributed by atoms with Gasteiger partial charge >= 0.3 is 5.97 Å². The fraction of sp³-hybridized carbons (Fsp3) is 0.462. The van der Waals surface area contributed by atoms with Crippen molar-refractivity contribution >= 4 is 5.97 Å². The highest BCUT2D eigenvalue weighted by Gasteiger charge is 2.11. The lowest BCUT2D eigenvalue weighted by atomic mass is 10.2. The molecule has 0 aromatic heterocycles. The quantitative estimate of drug-likeness (QED) is 0.540. The summed E-state index contributed by atoms with van der Waals surface area (Å²) in [6, 6.07) is 8.90. The molecule has 4 heteroatoms. The lowest BCUT2D eigenvalue weighted by Crippen LogP contribution is -2.22. The summed E-state index contributed by atoms with van der Waals surface area (Å²) in [5.41, 5.74) is 0.550. The second-order valence-corrected chi connectivity index (χ2v) is 3.57. The summed E-state index contributed by atoms with van der Waals surface area (Å²) in [7, 11) is 1.56. The van der Waals surface area contributed by atoms with E-state index in [9.17, 15) is 4.79 Å². The van der Waals surface area contributed by atoms with E-state index in [1.807, 2.05) is 13.0 Å². The van der Waals surface area contributed by atoms with Crippen molar-refractivity contribution in [2.45, 2.75) is 19.4 Å². The van der Waals surface area contributed by atoms with Gasteiger partial charge in [-0.15, -0.1) is 0 Å². The predicted molar refractivity (Wildman–Crippen MR) is 63.8 cm³/mol. The normalized spacial score (nSPS) is 12.1. The molecule has 1 rings (SSSR count). The third-order valence-corrected chi connectivity index (χ3v) is 2.29. The summed E-state index contributed by atoms with van der Waals surface area (Å²) >= 11 is 0. The van der Waals surface area contributed by atoms with Crippen LogP contribution in [0.15, 0.2) is 30.3 Å². The highest BCUT2D eigenvalue weighted by atomic mass is 16.7. The van der Waals surface area contributed by atoms with Crippen LogP contribution in [0, 0.1) is 0 Å². The average molecular weight is 238 g/mol. The van der Waals surface area contributed by atoms with E-state index >= 15 is 0 Å². The zero-order chi connectivity index (χ0) is 12.5. The Kier molecular flexibility index (Phi) is 6.29. The van der Waals surface area contributed by atoms with E-state index in [0.29, 0.717) is 5.56 Å². The summed E-state index contributed by atoms with van der Waals surface area (Å²) in [6.45, 7) is 2.42. The van der Waals surface area contributed by atoms with E-state index in [1.54, 1.807) is 31.4 Å². The first-order valence-corrected chi connectivity index (χ1v) is 5.60. The van der Waals surface area contributed by atoms with Crippen molar-refractivity contribution in [3.63, 3.8) is 0 Å². The van der Waals surface area contributed by atoms with Crippen LogP contribution in [0.4, 0.5) is 0 Å². The monoisotopic (exact) mass is 238 g/mol. The van der Waals surface area contributed by atoms with Gasteiger partial charge in [0.15, 0.2) is 0 Å². The van der Waals surface area contributed by atoms with Gasteiger partial charge in [-0.1, -0.05) is 25.1 Å². The van der Waals surface area contributed by atoms with Crippen LogP contribution in [-0.4, -0.2) is 32.6 Å². The van der Waals surface area contributed by atoms with Gasteiger partial charge in [0.05, 0.1) is 11.7 Å². The molecule has 0 aliphatic carbocycles. The Morgan fingerprint density at radius 3 is 2.59 bits per heavy atom. The van der Waals surface area contributed by atoms with Gasteiger partial charge in [0, 0.05) is 7.11 Å². The fourth-order valence-electron chi connectivity index (χ4n) is 1.27. The molecular weight excluding hydrogens is 220 g/mol. The number of ether oxygens (including phenoxy) is 3. The van der Waals surface area contributed by atoms with Crippen molar-refractivity contribution in [2.24, 2.45) is 0 Å². The van der Waals surface area contributed by atoms with Gasteiger partial charge in [0.2, 0.25) is 0 Å². The summed E-state index contributed by atoms with van der Waals surface area (Å²) < 4.78 is 15.3. The van der Waals surface area contributed by atoms with Crippen LogP contribution in [0.2, 0.25) is 0 Å². The van der Waals surface area contributed by atoms with Gasteiger partial charge in [-0.25, -0.2) is 4.79 Å². The zero-order valence-electron chi connectivity index (χ0n) is 10.2. The second kappa shape index (κ2) is 7.81. The van der Waals surface area contributed by atoms with Crippen molar-refractivity contribution in [3.8, 4) is 0 Å². The van der Waals surface area contributed by atoms with Gasteiger partial charge in [-0.05, 0) is 18.6 Å². The molecule has 0 N–H and O–H groups in total. The Morgan fingerprint density at radius 1 is 1.29 bits per heavy atom. The molecule has 0 heterocycles. The first-order valence-electron chi connectivity index (χ1n) is 5.60. The molecule has 0 spiro atoms. The van der Waals surface area contributed by atoms with Crippen LogP contribution in [-0.2, 0) is 14.2 Å². The molecule has 0 aliphatic heterocycles. The van der Waals surface area contributed by atoms with Crippen LogP contribution in [0.25, 0.3) is 0 Å². The highest BCUT2D eigenvalue weighted by molar-refractivity contribution is 5.89.